The highest BCUT2D eigenvalue weighted by molar-refractivity contribution is 7.91. The molecule has 0 aliphatic carbocycles. The maximum atomic E-state index is 11.9. The van der Waals surface area contributed by atoms with Crippen molar-refractivity contribution in [3.63, 3.8) is 0 Å². The summed E-state index contributed by atoms with van der Waals surface area (Å²) in [5.74, 6) is -1.01. The second-order valence-electron chi connectivity index (χ2n) is 4.15. The summed E-state index contributed by atoms with van der Waals surface area (Å²) in [5.41, 5.74) is 0.831. The van der Waals surface area contributed by atoms with Crippen LogP contribution >= 0.6 is 11.3 Å². The van der Waals surface area contributed by atoms with Gasteiger partial charge in [-0.05, 0) is 17.7 Å². The molecule has 2 aromatic rings. The summed E-state index contributed by atoms with van der Waals surface area (Å²) in [4.78, 5) is 18.0. The SMILES string of the molecule is O=C(O)Cc1ccc(S(=O)(=O)NOCc2ccccc2)s1. The summed E-state index contributed by atoms with van der Waals surface area (Å²) in [6.07, 6.45) is -0.203. The van der Waals surface area contributed by atoms with E-state index in [9.17, 15) is 13.2 Å². The minimum atomic E-state index is -3.79. The fraction of sp³-hybridized carbons (Fsp3) is 0.154. The van der Waals surface area contributed by atoms with Crippen molar-refractivity contribution in [1.82, 2.24) is 4.89 Å². The molecule has 0 radical (unpaired) electrons. The molecule has 2 N–H and O–H groups in total. The number of hydrogen-bond donors (Lipinski definition) is 2. The average Bonchev–Trinajstić information content (AvgIpc) is 2.88. The van der Waals surface area contributed by atoms with Crippen molar-refractivity contribution in [3.05, 3.63) is 52.9 Å². The van der Waals surface area contributed by atoms with Gasteiger partial charge in [0, 0.05) is 4.88 Å². The number of nitrogens with one attached hydrogen (secondary N) is 1. The summed E-state index contributed by atoms with van der Waals surface area (Å²) in [7, 11) is -3.79. The molecule has 0 spiro atoms. The molecule has 1 aromatic heterocycles. The van der Waals surface area contributed by atoms with Gasteiger partial charge in [0.25, 0.3) is 10.0 Å². The fourth-order valence-electron chi connectivity index (χ4n) is 1.55. The molecule has 0 saturated carbocycles. The minimum absolute atomic E-state index is 0.0202. The Hall–Kier alpha value is -1.74. The zero-order chi connectivity index (χ0) is 15.3. The molecule has 1 heterocycles. The van der Waals surface area contributed by atoms with Crippen LogP contribution in [0.2, 0.25) is 0 Å². The number of aliphatic carboxylic acids is 1. The topological polar surface area (TPSA) is 92.7 Å². The molecule has 8 heteroatoms. The lowest BCUT2D eigenvalue weighted by atomic mass is 10.2. The van der Waals surface area contributed by atoms with Gasteiger partial charge in [-0.15, -0.1) is 11.3 Å². The number of carboxylic acid groups (broad SMARTS) is 1. The van der Waals surface area contributed by atoms with E-state index in [1.807, 2.05) is 35.2 Å². The number of benzene rings is 1. The Balaban J connectivity index is 1.95. The third kappa shape index (κ3) is 4.64. The first-order valence-electron chi connectivity index (χ1n) is 5.95. The predicted molar refractivity (Wildman–Crippen MR) is 77.2 cm³/mol. The van der Waals surface area contributed by atoms with Gasteiger partial charge < -0.3 is 5.11 Å². The quantitative estimate of drug-likeness (QED) is 0.756. The molecule has 0 saturated heterocycles. The second-order valence-corrected chi connectivity index (χ2v) is 7.19. The minimum Gasteiger partial charge on any atom is -0.481 e. The Morgan fingerprint density at radius 3 is 2.57 bits per heavy atom. The van der Waals surface area contributed by atoms with Gasteiger partial charge in [-0.3, -0.25) is 9.63 Å². The number of carboxylic acids is 1. The molecule has 0 fully saturated rings. The van der Waals surface area contributed by atoms with Crippen molar-refractivity contribution in [2.45, 2.75) is 17.2 Å². The van der Waals surface area contributed by atoms with E-state index in [0.29, 0.717) is 4.88 Å². The Labute approximate surface area is 126 Å². The van der Waals surface area contributed by atoms with Crippen LogP contribution in [-0.2, 0) is 32.7 Å². The maximum absolute atomic E-state index is 11.9. The monoisotopic (exact) mass is 327 g/mol. The van der Waals surface area contributed by atoms with E-state index >= 15 is 0 Å². The van der Waals surface area contributed by atoms with Crippen molar-refractivity contribution in [2.75, 3.05) is 0 Å². The van der Waals surface area contributed by atoms with Gasteiger partial charge >= 0.3 is 5.97 Å². The van der Waals surface area contributed by atoms with Gasteiger partial charge in [-0.25, -0.2) is 8.42 Å². The normalized spacial score (nSPS) is 11.4. The molecular weight excluding hydrogens is 314 g/mol. The number of carbonyl (C=O) groups is 1. The lowest BCUT2D eigenvalue weighted by Gasteiger charge is -2.05. The van der Waals surface area contributed by atoms with Crippen molar-refractivity contribution in [2.24, 2.45) is 0 Å². The van der Waals surface area contributed by atoms with E-state index in [0.717, 1.165) is 16.9 Å². The first-order valence-corrected chi connectivity index (χ1v) is 8.25. The highest BCUT2D eigenvalue weighted by Crippen LogP contribution is 2.22. The molecule has 0 bridgehead atoms. The Morgan fingerprint density at radius 1 is 1.19 bits per heavy atom. The summed E-state index contributed by atoms with van der Waals surface area (Å²) in [6.45, 7) is 0.105. The van der Waals surface area contributed by atoms with Crippen LogP contribution in [0.1, 0.15) is 10.4 Å². The van der Waals surface area contributed by atoms with Crippen molar-refractivity contribution < 1.29 is 23.2 Å². The van der Waals surface area contributed by atoms with E-state index in [1.165, 1.54) is 12.1 Å². The Morgan fingerprint density at radius 2 is 1.90 bits per heavy atom. The van der Waals surface area contributed by atoms with E-state index < -0.39 is 16.0 Å². The van der Waals surface area contributed by atoms with Crippen LogP contribution in [-0.4, -0.2) is 19.5 Å². The van der Waals surface area contributed by atoms with Gasteiger partial charge in [0.1, 0.15) is 4.21 Å². The van der Waals surface area contributed by atoms with Gasteiger partial charge in [0.2, 0.25) is 0 Å². The fourth-order valence-corrected chi connectivity index (χ4v) is 3.68. The number of thiophene rings is 1. The standard InChI is InChI=1S/C13H13NO5S2/c15-12(16)8-11-6-7-13(20-11)21(17,18)14-19-9-10-4-2-1-3-5-10/h1-7,14H,8-9H2,(H,15,16). The van der Waals surface area contributed by atoms with Gasteiger partial charge in [-0.2, -0.15) is 0 Å². The maximum Gasteiger partial charge on any atom is 0.308 e. The molecule has 0 aliphatic heterocycles. The number of rotatable bonds is 7. The second kappa shape index (κ2) is 6.81. The molecule has 0 unspecified atom stereocenters. The van der Waals surface area contributed by atoms with E-state index in [1.54, 1.807) is 0 Å². The zero-order valence-electron chi connectivity index (χ0n) is 10.9. The van der Waals surface area contributed by atoms with Gasteiger partial charge in [-0.1, -0.05) is 35.2 Å². The smallest absolute Gasteiger partial charge is 0.308 e. The van der Waals surface area contributed by atoms with Crippen LogP contribution in [0, 0.1) is 0 Å². The van der Waals surface area contributed by atoms with Crippen molar-refractivity contribution in [1.29, 1.82) is 0 Å². The van der Waals surface area contributed by atoms with Crippen molar-refractivity contribution in [3.8, 4) is 0 Å². The predicted octanol–water partition coefficient (Wildman–Crippen LogP) is 1.79. The van der Waals surface area contributed by atoms with E-state index in [-0.39, 0.29) is 17.2 Å². The summed E-state index contributed by atoms with van der Waals surface area (Å²) in [5, 5.41) is 8.66. The molecular formula is C13H13NO5S2. The average molecular weight is 327 g/mol. The van der Waals surface area contributed by atoms with Gasteiger partial charge in [0.15, 0.2) is 0 Å². The van der Waals surface area contributed by atoms with E-state index in [2.05, 4.69) is 0 Å². The Bertz CT molecular complexity index is 709. The lowest BCUT2D eigenvalue weighted by Crippen LogP contribution is -2.23. The Kier molecular flexibility index (Phi) is 5.07. The molecule has 0 aliphatic rings. The molecule has 6 nitrogen and oxygen atoms in total. The first-order chi connectivity index (χ1) is 9.97. The first kappa shape index (κ1) is 15.6. The van der Waals surface area contributed by atoms with E-state index in [4.69, 9.17) is 9.94 Å². The van der Waals surface area contributed by atoms with Crippen LogP contribution in [0.4, 0.5) is 0 Å². The molecule has 0 amide bonds. The zero-order valence-corrected chi connectivity index (χ0v) is 12.5. The van der Waals surface area contributed by atoms with Crippen molar-refractivity contribution >= 4 is 27.3 Å². The summed E-state index contributed by atoms with van der Waals surface area (Å²) < 4.78 is 23.9. The van der Waals surface area contributed by atoms with Gasteiger partial charge in [0.05, 0.1) is 13.0 Å². The molecule has 1 aromatic carbocycles. The van der Waals surface area contributed by atoms with Crippen LogP contribution in [0.5, 0.6) is 0 Å². The highest BCUT2D eigenvalue weighted by Gasteiger charge is 2.17. The molecule has 0 atom stereocenters. The highest BCUT2D eigenvalue weighted by atomic mass is 32.2. The molecule has 112 valence electrons. The third-order valence-corrected chi connectivity index (χ3v) is 5.27. The summed E-state index contributed by atoms with van der Waals surface area (Å²) in [6, 6.07) is 12.0. The third-order valence-electron chi connectivity index (χ3n) is 2.48. The molecule has 21 heavy (non-hydrogen) atoms. The van der Waals surface area contributed by atoms with Crippen LogP contribution in [0.25, 0.3) is 0 Å². The van der Waals surface area contributed by atoms with Crippen LogP contribution < -0.4 is 4.89 Å². The largest absolute Gasteiger partial charge is 0.481 e. The molecule has 2 rings (SSSR count). The lowest BCUT2D eigenvalue weighted by molar-refractivity contribution is -0.136. The summed E-state index contributed by atoms with van der Waals surface area (Å²) >= 11 is 0.903. The number of hydrogen-bond acceptors (Lipinski definition) is 5. The number of sulfonamides is 1. The van der Waals surface area contributed by atoms with Crippen LogP contribution in [0.15, 0.2) is 46.7 Å². The van der Waals surface area contributed by atoms with Crippen LogP contribution in [0.3, 0.4) is 0 Å².